The van der Waals surface area contributed by atoms with Crippen molar-refractivity contribution in [2.45, 2.75) is 148 Å². The Kier molecular flexibility index (Phi) is 11.1. The second-order valence-corrected chi connectivity index (χ2v) is 18.4. The topological polar surface area (TPSA) is 93.1 Å². The lowest BCUT2D eigenvalue weighted by molar-refractivity contribution is -0.156. The number of nitrogens with zero attached hydrogens (tertiary/aromatic N) is 2. The van der Waals surface area contributed by atoms with Gasteiger partial charge in [0, 0.05) is 45.1 Å². The summed E-state index contributed by atoms with van der Waals surface area (Å²) >= 11 is 0. The molecule has 1 aromatic rings. The molecule has 0 unspecified atom stereocenters. The molecular formula is C43H67N3O4. The molecule has 1 aliphatic heterocycles. The molecule has 7 rings (SSSR count). The third kappa shape index (κ3) is 7.18. The SMILES string of the molecule is C[C@@H](O)[C@H]1CC[C@H]2[C@@H]3CC[C@H]4C[C@H](O)[C@@H](N5CCN(C(=O)[C@H](Cc6ccccc6)NC(=O)CCC6CCCCC6)CC5)C[C@]4(C)[C@H]3CC[C@]12C. The van der Waals surface area contributed by atoms with Crippen molar-refractivity contribution in [2.75, 3.05) is 26.2 Å². The van der Waals surface area contributed by atoms with E-state index >= 15 is 0 Å². The Balaban J connectivity index is 0.981. The van der Waals surface area contributed by atoms with E-state index in [0.29, 0.717) is 49.6 Å². The van der Waals surface area contributed by atoms with Crippen molar-refractivity contribution in [2.24, 2.45) is 46.3 Å². The highest BCUT2D eigenvalue weighted by Gasteiger charge is 2.62. The fourth-order valence-corrected chi connectivity index (χ4v) is 13.1. The largest absolute Gasteiger partial charge is 0.393 e. The van der Waals surface area contributed by atoms with Crippen LogP contribution in [0.15, 0.2) is 30.3 Å². The van der Waals surface area contributed by atoms with Gasteiger partial charge in [-0.25, -0.2) is 0 Å². The third-order valence-electron chi connectivity index (χ3n) is 15.9. The number of hydrogen-bond acceptors (Lipinski definition) is 5. The summed E-state index contributed by atoms with van der Waals surface area (Å²) < 4.78 is 0. The molecule has 0 spiro atoms. The average molecular weight is 690 g/mol. The van der Waals surface area contributed by atoms with Gasteiger partial charge in [-0.1, -0.05) is 76.3 Å². The molecule has 3 N–H and O–H groups in total. The van der Waals surface area contributed by atoms with Gasteiger partial charge in [0.2, 0.25) is 11.8 Å². The van der Waals surface area contributed by atoms with Crippen molar-refractivity contribution in [1.29, 1.82) is 0 Å². The van der Waals surface area contributed by atoms with Crippen LogP contribution in [-0.4, -0.2) is 82.3 Å². The summed E-state index contributed by atoms with van der Waals surface area (Å²) in [5.41, 5.74) is 1.56. The quantitative estimate of drug-likeness (QED) is 0.272. The number of nitrogens with one attached hydrogen (secondary N) is 1. The molecule has 1 heterocycles. The number of amides is 2. The number of carbonyl (C=O) groups is 2. The predicted octanol–water partition coefficient (Wildman–Crippen LogP) is 6.60. The third-order valence-corrected chi connectivity index (χ3v) is 15.9. The van der Waals surface area contributed by atoms with Crippen LogP contribution in [0.4, 0.5) is 0 Å². The number of benzene rings is 1. The Hall–Kier alpha value is -1.96. The molecule has 11 atom stereocenters. The van der Waals surface area contributed by atoms with Gasteiger partial charge < -0.3 is 20.4 Å². The van der Waals surface area contributed by atoms with Crippen LogP contribution in [0.25, 0.3) is 0 Å². The molecule has 278 valence electrons. The second-order valence-electron chi connectivity index (χ2n) is 18.4. The lowest BCUT2D eigenvalue weighted by Crippen LogP contribution is -2.63. The molecule has 2 amide bonds. The monoisotopic (exact) mass is 690 g/mol. The van der Waals surface area contributed by atoms with Crippen molar-refractivity contribution in [3.8, 4) is 0 Å². The van der Waals surface area contributed by atoms with E-state index in [9.17, 15) is 19.8 Å². The highest BCUT2D eigenvalue weighted by Crippen LogP contribution is 2.68. The summed E-state index contributed by atoms with van der Waals surface area (Å²) in [7, 11) is 0. The van der Waals surface area contributed by atoms with E-state index in [-0.39, 0.29) is 40.9 Å². The molecule has 7 heteroatoms. The second kappa shape index (κ2) is 15.2. The Labute approximate surface area is 302 Å². The van der Waals surface area contributed by atoms with Crippen molar-refractivity contribution in [3.63, 3.8) is 0 Å². The van der Waals surface area contributed by atoms with Crippen molar-refractivity contribution < 1.29 is 19.8 Å². The molecule has 0 radical (unpaired) electrons. The number of fused-ring (bicyclic) bond motifs is 5. The summed E-state index contributed by atoms with van der Waals surface area (Å²) in [6.07, 6.45) is 17.1. The van der Waals surface area contributed by atoms with E-state index in [1.54, 1.807) is 0 Å². The van der Waals surface area contributed by atoms with Gasteiger partial charge in [-0.15, -0.1) is 0 Å². The van der Waals surface area contributed by atoms with Crippen molar-refractivity contribution >= 4 is 11.8 Å². The maximum absolute atomic E-state index is 14.1. The van der Waals surface area contributed by atoms with Crippen LogP contribution in [-0.2, 0) is 16.0 Å². The van der Waals surface area contributed by atoms with Crippen LogP contribution >= 0.6 is 0 Å². The van der Waals surface area contributed by atoms with E-state index in [4.69, 9.17) is 0 Å². The molecule has 1 saturated heterocycles. The Morgan fingerprint density at radius 3 is 2.34 bits per heavy atom. The molecule has 7 nitrogen and oxygen atoms in total. The van der Waals surface area contributed by atoms with Gasteiger partial charge >= 0.3 is 0 Å². The number of hydrogen-bond donors (Lipinski definition) is 3. The summed E-state index contributed by atoms with van der Waals surface area (Å²) in [6, 6.07) is 9.67. The van der Waals surface area contributed by atoms with Gasteiger partial charge in [0.25, 0.3) is 0 Å². The smallest absolute Gasteiger partial charge is 0.245 e. The maximum Gasteiger partial charge on any atom is 0.245 e. The highest BCUT2D eigenvalue weighted by molar-refractivity contribution is 5.88. The lowest BCUT2D eigenvalue weighted by Gasteiger charge is -2.63. The van der Waals surface area contributed by atoms with Crippen molar-refractivity contribution in [3.05, 3.63) is 35.9 Å². The van der Waals surface area contributed by atoms with Crippen LogP contribution in [0.1, 0.15) is 123 Å². The summed E-state index contributed by atoms with van der Waals surface area (Å²) in [5.74, 6) is 3.84. The number of aliphatic hydroxyl groups is 2. The van der Waals surface area contributed by atoms with Crippen LogP contribution in [0.3, 0.4) is 0 Å². The standard InChI is InChI=1S/C43H67N3O4/c1-29(47)34-17-18-35-33-16-15-32-27-39(48)38(28-43(32,3)36(33)20-21-42(34,35)2)45-22-24-46(25-23-45)41(50)37(26-31-12-8-5-9-13-31)44-40(49)19-14-30-10-6-4-7-11-30/h5,8-9,12-13,29-30,32-39,47-48H,4,6-7,10-11,14-28H2,1-3H3,(H,44,49)/t29-,32+,33+,34-,35+,36+,37+,38+,39+,42-,43+/m1/s1. The fourth-order valence-electron chi connectivity index (χ4n) is 13.1. The summed E-state index contributed by atoms with van der Waals surface area (Å²) in [4.78, 5) is 31.8. The first kappa shape index (κ1) is 36.4. The minimum atomic E-state index is -0.553. The molecule has 1 aromatic carbocycles. The van der Waals surface area contributed by atoms with E-state index < -0.39 is 6.04 Å². The molecule has 5 saturated carbocycles. The summed E-state index contributed by atoms with van der Waals surface area (Å²) in [6.45, 7) is 9.90. The molecule has 5 aliphatic carbocycles. The van der Waals surface area contributed by atoms with Crippen LogP contribution in [0.5, 0.6) is 0 Å². The Morgan fingerprint density at radius 2 is 1.62 bits per heavy atom. The van der Waals surface area contributed by atoms with Gasteiger partial charge in [0.1, 0.15) is 6.04 Å². The summed E-state index contributed by atoms with van der Waals surface area (Å²) in [5, 5.41) is 25.5. The molecule has 6 aliphatic rings. The molecule has 0 aromatic heterocycles. The Bertz CT molecular complexity index is 1310. The number of carbonyl (C=O) groups excluding carboxylic acids is 2. The van der Waals surface area contributed by atoms with Crippen LogP contribution in [0, 0.1) is 46.3 Å². The number of aliphatic hydroxyl groups excluding tert-OH is 2. The lowest BCUT2D eigenvalue weighted by atomic mass is 9.44. The van der Waals surface area contributed by atoms with Crippen molar-refractivity contribution in [1.82, 2.24) is 15.1 Å². The molecule has 0 bridgehead atoms. The Morgan fingerprint density at radius 1 is 0.900 bits per heavy atom. The maximum atomic E-state index is 14.1. The van der Waals surface area contributed by atoms with Crippen LogP contribution < -0.4 is 5.32 Å². The van der Waals surface area contributed by atoms with E-state index in [2.05, 4.69) is 24.1 Å². The molecule has 6 fully saturated rings. The zero-order valence-electron chi connectivity index (χ0n) is 31.4. The van der Waals surface area contributed by atoms with E-state index in [0.717, 1.165) is 49.8 Å². The average Bonchev–Trinajstić information content (AvgIpc) is 3.49. The molecular weight excluding hydrogens is 622 g/mol. The van der Waals surface area contributed by atoms with Gasteiger partial charge in [0.05, 0.1) is 12.2 Å². The first-order valence-corrected chi connectivity index (χ1v) is 20.8. The zero-order chi connectivity index (χ0) is 35.0. The number of piperazine rings is 1. The minimum absolute atomic E-state index is 0.00410. The predicted molar refractivity (Wildman–Crippen MR) is 198 cm³/mol. The zero-order valence-corrected chi connectivity index (χ0v) is 31.4. The van der Waals surface area contributed by atoms with E-state index in [1.165, 1.54) is 70.6 Å². The number of rotatable bonds is 9. The first-order chi connectivity index (χ1) is 24.1. The van der Waals surface area contributed by atoms with Gasteiger partial charge in [0.15, 0.2) is 0 Å². The van der Waals surface area contributed by atoms with Gasteiger partial charge in [-0.2, -0.15) is 0 Å². The fraction of sp³-hybridized carbons (Fsp3) is 0.814. The van der Waals surface area contributed by atoms with Crippen LogP contribution in [0.2, 0.25) is 0 Å². The van der Waals surface area contributed by atoms with Gasteiger partial charge in [-0.3, -0.25) is 14.5 Å². The highest BCUT2D eigenvalue weighted by atomic mass is 16.3. The first-order valence-electron chi connectivity index (χ1n) is 20.8. The molecule has 50 heavy (non-hydrogen) atoms. The normalized spacial score (nSPS) is 39.1. The minimum Gasteiger partial charge on any atom is -0.393 e. The van der Waals surface area contributed by atoms with Gasteiger partial charge in [-0.05, 0) is 117 Å². The van der Waals surface area contributed by atoms with E-state index in [1.807, 2.05) is 42.2 Å².